The van der Waals surface area contributed by atoms with Gasteiger partial charge in [0, 0.05) is 31.1 Å². The van der Waals surface area contributed by atoms with Crippen molar-refractivity contribution in [3.63, 3.8) is 0 Å². The highest BCUT2D eigenvalue weighted by Gasteiger charge is 2.56. The van der Waals surface area contributed by atoms with Gasteiger partial charge in [-0.05, 0) is 82.3 Å². The second kappa shape index (κ2) is 9.07. The normalized spacial score (nSPS) is 37.0. The standard InChI is InChI=1S/C19H36O4SSi/c1-4-21-25(22-5-2,23-6-3)11-7-10-24-18-9-8-15-16-12-14(19(15)18)13-17(16)20/h14-20H,4-13H2,1-3H3. The van der Waals surface area contributed by atoms with Gasteiger partial charge in [0.1, 0.15) is 0 Å². The van der Waals surface area contributed by atoms with Crippen LogP contribution < -0.4 is 0 Å². The maximum Gasteiger partial charge on any atom is 0.500 e. The molecule has 0 heterocycles. The Kier molecular flexibility index (Phi) is 7.31. The Labute approximate surface area is 158 Å². The quantitative estimate of drug-likeness (QED) is 0.429. The van der Waals surface area contributed by atoms with Gasteiger partial charge in [0.05, 0.1) is 6.10 Å². The third-order valence-corrected chi connectivity index (χ3v) is 11.1. The highest BCUT2D eigenvalue weighted by molar-refractivity contribution is 7.99. The van der Waals surface area contributed by atoms with Crippen molar-refractivity contribution < 1.29 is 18.4 Å². The first-order valence-electron chi connectivity index (χ1n) is 10.4. The fourth-order valence-electron chi connectivity index (χ4n) is 5.75. The third-order valence-electron chi connectivity index (χ3n) is 6.47. The van der Waals surface area contributed by atoms with Gasteiger partial charge in [0.25, 0.3) is 0 Å². The maximum absolute atomic E-state index is 10.2. The van der Waals surface area contributed by atoms with Crippen LogP contribution in [-0.2, 0) is 13.3 Å². The zero-order valence-corrected chi connectivity index (χ0v) is 17.9. The molecule has 0 radical (unpaired) electrons. The van der Waals surface area contributed by atoms with Crippen molar-refractivity contribution >= 4 is 20.6 Å². The van der Waals surface area contributed by atoms with E-state index in [1.165, 1.54) is 25.0 Å². The number of thioether (sulfide) groups is 1. The molecule has 4 nitrogen and oxygen atoms in total. The Morgan fingerprint density at radius 1 is 0.960 bits per heavy atom. The molecule has 0 aromatic heterocycles. The summed E-state index contributed by atoms with van der Waals surface area (Å²) in [7, 11) is -2.47. The molecule has 6 heteroatoms. The molecule has 3 aliphatic carbocycles. The van der Waals surface area contributed by atoms with Crippen LogP contribution in [0.4, 0.5) is 0 Å². The van der Waals surface area contributed by atoms with Gasteiger partial charge in [-0.3, -0.25) is 0 Å². The van der Waals surface area contributed by atoms with Gasteiger partial charge >= 0.3 is 8.80 Å². The van der Waals surface area contributed by atoms with Crippen molar-refractivity contribution in [1.29, 1.82) is 0 Å². The largest absolute Gasteiger partial charge is 0.500 e. The summed E-state index contributed by atoms with van der Waals surface area (Å²) in [6.45, 7) is 8.07. The average Bonchev–Trinajstić information content (AvgIpc) is 3.24. The van der Waals surface area contributed by atoms with E-state index in [1.807, 2.05) is 20.8 Å². The molecule has 146 valence electrons. The minimum atomic E-state index is -2.47. The fourth-order valence-corrected chi connectivity index (χ4v) is 10.2. The van der Waals surface area contributed by atoms with Crippen LogP contribution in [0.15, 0.2) is 0 Å². The summed E-state index contributed by atoms with van der Waals surface area (Å²) >= 11 is 2.17. The molecule has 0 aromatic carbocycles. The number of aliphatic hydroxyl groups is 1. The summed E-state index contributed by atoms with van der Waals surface area (Å²) in [5, 5.41) is 11.0. The van der Waals surface area contributed by atoms with Crippen LogP contribution >= 0.6 is 11.8 Å². The number of aliphatic hydroxyl groups excluding tert-OH is 1. The lowest BCUT2D eigenvalue weighted by molar-refractivity contribution is 0.0649. The summed E-state index contributed by atoms with van der Waals surface area (Å²) in [4.78, 5) is 0. The van der Waals surface area contributed by atoms with Crippen LogP contribution in [0.1, 0.15) is 52.9 Å². The molecule has 2 bridgehead atoms. The second-order valence-corrected chi connectivity index (χ2v) is 11.9. The van der Waals surface area contributed by atoms with Crippen molar-refractivity contribution in [3.8, 4) is 0 Å². The Hall–Kier alpha value is 0.407. The first-order valence-corrected chi connectivity index (χ1v) is 13.3. The van der Waals surface area contributed by atoms with E-state index in [-0.39, 0.29) is 6.10 Å². The molecule has 0 amide bonds. The zero-order valence-electron chi connectivity index (χ0n) is 16.1. The van der Waals surface area contributed by atoms with Gasteiger partial charge < -0.3 is 18.4 Å². The number of rotatable bonds is 11. The van der Waals surface area contributed by atoms with E-state index in [4.69, 9.17) is 13.3 Å². The van der Waals surface area contributed by atoms with Crippen LogP contribution in [0.3, 0.4) is 0 Å². The van der Waals surface area contributed by atoms with Crippen LogP contribution in [0, 0.1) is 23.7 Å². The Morgan fingerprint density at radius 2 is 1.64 bits per heavy atom. The zero-order chi connectivity index (χ0) is 17.9. The summed E-state index contributed by atoms with van der Waals surface area (Å²) in [6, 6.07) is 0.932. The molecule has 0 aliphatic heterocycles. The Bertz CT molecular complexity index is 407. The van der Waals surface area contributed by atoms with Gasteiger partial charge in [-0.15, -0.1) is 0 Å². The molecule has 25 heavy (non-hydrogen) atoms. The minimum Gasteiger partial charge on any atom is -0.393 e. The van der Waals surface area contributed by atoms with Gasteiger partial charge in [0.15, 0.2) is 0 Å². The van der Waals surface area contributed by atoms with Crippen molar-refractivity contribution in [2.24, 2.45) is 23.7 Å². The monoisotopic (exact) mass is 388 g/mol. The van der Waals surface area contributed by atoms with Crippen LogP contribution in [-0.4, -0.2) is 50.8 Å². The number of hydrogen-bond donors (Lipinski definition) is 1. The van der Waals surface area contributed by atoms with E-state index in [0.29, 0.717) is 25.7 Å². The highest BCUT2D eigenvalue weighted by Crippen LogP contribution is 2.61. The van der Waals surface area contributed by atoms with Gasteiger partial charge in [0.2, 0.25) is 0 Å². The lowest BCUT2D eigenvalue weighted by atomic mass is 9.80. The van der Waals surface area contributed by atoms with E-state index >= 15 is 0 Å². The summed E-state index contributed by atoms with van der Waals surface area (Å²) in [6.07, 6.45) is 6.17. The molecular weight excluding hydrogens is 352 g/mol. The van der Waals surface area contributed by atoms with Crippen molar-refractivity contribution in [2.75, 3.05) is 25.6 Å². The van der Waals surface area contributed by atoms with Crippen LogP contribution in [0.2, 0.25) is 6.04 Å². The van der Waals surface area contributed by atoms with E-state index in [1.54, 1.807) is 0 Å². The Morgan fingerprint density at radius 3 is 2.28 bits per heavy atom. The first-order chi connectivity index (χ1) is 12.1. The Balaban J connectivity index is 1.45. The second-order valence-electron chi connectivity index (χ2n) is 7.78. The minimum absolute atomic E-state index is 0.00481. The molecule has 0 aromatic rings. The van der Waals surface area contributed by atoms with Crippen molar-refractivity contribution in [1.82, 2.24) is 0 Å². The van der Waals surface area contributed by atoms with Gasteiger partial charge in [-0.2, -0.15) is 11.8 Å². The van der Waals surface area contributed by atoms with Crippen LogP contribution in [0.5, 0.6) is 0 Å². The lowest BCUT2D eigenvalue weighted by Crippen LogP contribution is -2.46. The predicted molar refractivity (Wildman–Crippen MR) is 105 cm³/mol. The van der Waals surface area contributed by atoms with Crippen LogP contribution in [0.25, 0.3) is 0 Å². The van der Waals surface area contributed by atoms with Gasteiger partial charge in [-0.1, -0.05) is 0 Å². The number of hydrogen-bond acceptors (Lipinski definition) is 5. The average molecular weight is 389 g/mol. The topological polar surface area (TPSA) is 47.9 Å². The maximum atomic E-state index is 10.2. The lowest BCUT2D eigenvalue weighted by Gasteiger charge is -2.31. The fraction of sp³-hybridized carbons (Fsp3) is 1.00. The summed E-state index contributed by atoms with van der Waals surface area (Å²) in [5.74, 6) is 4.29. The molecule has 6 atom stereocenters. The molecule has 3 aliphatic rings. The number of fused-ring (bicyclic) bond motifs is 5. The van der Waals surface area contributed by atoms with E-state index < -0.39 is 8.80 Å². The molecule has 3 fully saturated rings. The molecule has 0 saturated heterocycles. The van der Waals surface area contributed by atoms with Crippen molar-refractivity contribution in [2.45, 2.75) is 70.3 Å². The van der Waals surface area contributed by atoms with E-state index in [9.17, 15) is 5.11 Å². The molecular formula is C19H36O4SSi. The predicted octanol–water partition coefficient (Wildman–Crippen LogP) is 3.95. The summed E-state index contributed by atoms with van der Waals surface area (Å²) in [5.41, 5.74) is 0. The highest BCUT2D eigenvalue weighted by atomic mass is 32.2. The third kappa shape index (κ3) is 4.30. The molecule has 0 spiro atoms. The smallest absolute Gasteiger partial charge is 0.393 e. The summed E-state index contributed by atoms with van der Waals surface area (Å²) < 4.78 is 17.9. The SMILES string of the molecule is CCO[Si](CCCSC1CCC2C3CC(CC3O)C12)(OCC)OCC. The van der Waals surface area contributed by atoms with E-state index in [0.717, 1.165) is 41.9 Å². The molecule has 3 saturated carbocycles. The van der Waals surface area contributed by atoms with Crippen molar-refractivity contribution in [3.05, 3.63) is 0 Å². The van der Waals surface area contributed by atoms with Gasteiger partial charge in [-0.25, -0.2) is 0 Å². The molecule has 1 N–H and O–H groups in total. The molecule has 6 unspecified atom stereocenters. The van der Waals surface area contributed by atoms with E-state index in [2.05, 4.69) is 11.8 Å². The molecule has 3 rings (SSSR count). The first kappa shape index (κ1) is 20.1.